The number of carbonyl (C=O) groups excluding carboxylic acids is 1. The van der Waals surface area contributed by atoms with Gasteiger partial charge in [-0.25, -0.2) is 4.98 Å². The van der Waals surface area contributed by atoms with Gasteiger partial charge in [-0.05, 0) is 18.1 Å². The van der Waals surface area contributed by atoms with E-state index in [0.29, 0.717) is 12.2 Å². The van der Waals surface area contributed by atoms with E-state index in [-0.39, 0.29) is 11.9 Å². The standard InChI is InChI=1S/C21H23N3OS/c1-16-7-9-17(10-8-16)14-26-15-21(25)24-19(13-20-22-11-12-23-20)18-5-3-2-4-6-18/h2-12,19H,13-15H2,1H3,(H,22,23)(H,24,25)/t19-/m0/s1. The molecule has 5 heteroatoms. The number of hydrogen-bond donors (Lipinski definition) is 2. The van der Waals surface area contributed by atoms with E-state index >= 15 is 0 Å². The van der Waals surface area contributed by atoms with Crippen LogP contribution in [0.2, 0.25) is 0 Å². The summed E-state index contributed by atoms with van der Waals surface area (Å²) < 4.78 is 0. The normalized spacial score (nSPS) is 11.9. The predicted molar refractivity (Wildman–Crippen MR) is 107 cm³/mol. The summed E-state index contributed by atoms with van der Waals surface area (Å²) in [6.07, 6.45) is 4.18. The molecular weight excluding hydrogens is 342 g/mol. The van der Waals surface area contributed by atoms with E-state index in [0.717, 1.165) is 17.1 Å². The Balaban J connectivity index is 1.55. The lowest BCUT2D eigenvalue weighted by Crippen LogP contribution is -2.31. The summed E-state index contributed by atoms with van der Waals surface area (Å²) in [5.74, 6) is 2.19. The maximum atomic E-state index is 12.4. The molecule has 1 heterocycles. The van der Waals surface area contributed by atoms with Gasteiger partial charge in [0.25, 0.3) is 0 Å². The van der Waals surface area contributed by atoms with Crippen LogP contribution in [0.5, 0.6) is 0 Å². The fraction of sp³-hybridized carbons (Fsp3) is 0.238. The maximum absolute atomic E-state index is 12.4. The second kappa shape index (κ2) is 9.25. The van der Waals surface area contributed by atoms with E-state index in [1.54, 1.807) is 24.2 Å². The summed E-state index contributed by atoms with van der Waals surface area (Å²) in [5, 5.41) is 3.15. The topological polar surface area (TPSA) is 57.8 Å². The monoisotopic (exact) mass is 365 g/mol. The van der Waals surface area contributed by atoms with Crippen molar-refractivity contribution in [2.75, 3.05) is 5.75 Å². The van der Waals surface area contributed by atoms with Gasteiger partial charge in [0.2, 0.25) is 5.91 Å². The molecule has 0 aliphatic carbocycles. The number of nitrogens with one attached hydrogen (secondary N) is 2. The molecule has 0 saturated heterocycles. The zero-order valence-electron chi connectivity index (χ0n) is 14.8. The van der Waals surface area contributed by atoms with E-state index in [2.05, 4.69) is 46.5 Å². The van der Waals surface area contributed by atoms with Crippen molar-refractivity contribution in [2.45, 2.75) is 25.1 Å². The van der Waals surface area contributed by atoms with Gasteiger partial charge in [0.05, 0.1) is 11.8 Å². The SMILES string of the molecule is Cc1ccc(CSCC(=O)N[C@@H](Cc2ncc[nH]2)c2ccccc2)cc1. The van der Waals surface area contributed by atoms with Crippen molar-refractivity contribution >= 4 is 17.7 Å². The highest BCUT2D eigenvalue weighted by molar-refractivity contribution is 7.99. The van der Waals surface area contributed by atoms with Gasteiger partial charge >= 0.3 is 0 Å². The Hall–Kier alpha value is -2.53. The molecule has 134 valence electrons. The van der Waals surface area contributed by atoms with E-state index in [1.807, 2.05) is 30.3 Å². The van der Waals surface area contributed by atoms with Crippen molar-refractivity contribution in [1.82, 2.24) is 15.3 Å². The van der Waals surface area contributed by atoms with Gasteiger partial charge in [-0.2, -0.15) is 0 Å². The van der Waals surface area contributed by atoms with Crippen molar-refractivity contribution in [3.8, 4) is 0 Å². The number of aromatic amines is 1. The molecule has 1 atom stereocenters. The van der Waals surface area contributed by atoms with Crippen LogP contribution in [0.1, 0.15) is 28.6 Å². The third-order valence-electron chi connectivity index (χ3n) is 4.11. The Morgan fingerprint density at radius 1 is 1.15 bits per heavy atom. The summed E-state index contributed by atoms with van der Waals surface area (Å²) in [4.78, 5) is 19.8. The number of carbonyl (C=O) groups is 1. The Morgan fingerprint density at radius 3 is 2.62 bits per heavy atom. The maximum Gasteiger partial charge on any atom is 0.230 e. The molecule has 2 aromatic carbocycles. The van der Waals surface area contributed by atoms with Crippen LogP contribution in [-0.2, 0) is 17.0 Å². The molecule has 0 aliphatic rings. The van der Waals surface area contributed by atoms with Gasteiger partial charge in [-0.3, -0.25) is 4.79 Å². The first-order valence-electron chi connectivity index (χ1n) is 8.66. The highest BCUT2D eigenvalue weighted by Gasteiger charge is 2.16. The minimum absolute atomic E-state index is 0.0440. The third kappa shape index (κ3) is 5.49. The molecule has 3 aromatic rings. The van der Waals surface area contributed by atoms with Gasteiger partial charge in [-0.1, -0.05) is 60.2 Å². The summed E-state index contributed by atoms with van der Waals surface area (Å²) >= 11 is 1.63. The molecule has 0 unspecified atom stereocenters. The summed E-state index contributed by atoms with van der Waals surface area (Å²) in [6.45, 7) is 2.08. The minimum atomic E-state index is -0.0881. The quantitative estimate of drug-likeness (QED) is 0.633. The molecular formula is C21H23N3OS. The van der Waals surface area contributed by atoms with Crippen molar-refractivity contribution in [3.63, 3.8) is 0 Å². The number of nitrogens with zero attached hydrogens (tertiary/aromatic N) is 1. The van der Waals surface area contributed by atoms with Crippen LogP contribution < -0.4 is 5.32 Å². The molecule has 4 nitrogen and oxygen atoms in total. The highest BCUT2D eigenvalue weighted by atomic mass is 32.2. The molecule has 0 saturated carbocycles. The van der Waals surface area contributed by atoms with E-state index in [9.17, 15) is 4.79 Å². The molecule has 0 fully saturated rings. The first kappa shape index (κ1) is 18.3. The average Bonchev–Trinajstić information content (AvgIpc) is 3.17. The van der Waals surface area contributed by atoms with Gasteiger partial charge in [0.1, 0.15) is 5.82 Å². The molecule has 1 amide bonds. The Bertz CT molecular complexity index is 801. The van der Waals surface area contributed by atoms with E-state index in [4.69, 9.17) is 0 Å². The van der Waals surface area contributed by atoms with Crippen LogP contribution in [0.3, 0.4) is 0 Å². The van der Waals surface area contributed by atoms with Crippen molar-refractivity contribution < 1.29 is 4.79 Å². The fourth-order valence-electron chi connectivity index (χ4n) is 2.72. The lowest BCUT2D eigenvalue weighted by atomic mass is 10.0. The molecule has 2 N–H and O–H groups in total. The second-order valence-corrected chi connectivity index (χ2v) is 7.23. The summed E-state index contributed by atoms with van der Waals surface area (Å²) in [5.41, 5.74) is 3.57. The number of amides is 1. The summed E-state index contributed by atoms with van der Waals surface area (Å²) in [7, 11) is 0. The van der Waals surface area contributed by atoms with Crippen LogP contribution in [0, 0.1) is 6.92 Å². The van der Waals surface area contributed by atoms with Crippen molar-refractivity contribution in [1.29, 1.82) is 0 Å². The van der Waals surface area contributed by atoms with Crippen LogP contribution in [0.25, 0.3) is 0 Å². The van der Waals surface area contributed by atoms with Gasteiger partial charge < -0.3 is 10.3 Å². The van der Waals surface area contributed by atoms with Gasteiger partial charge in [-0.15, -0.1) is 11.8 Å². The number of thioether (sulfide) groups is 1. The molecule has 0 spiro atoms. The Kier molecular flexibility index (Phi) is 6.50. The number of H-pyrrole nitrogens is 1. The Labute approximate surface area is 158 Å². The molecule has 3 rings (SSSR count). The lowest BCUT2D eigenvalue weighted by Gasteiger charge is -2.18. The van der Waals surface area contributed by atoms with Crippen molar-refractivity contribution in [3.05, 3.63) is 89.5 Å². The summed E-state index contributed by atoms with van der Waals surface area (Å²) in [6, 6.07) is 18.4. The minimum Gasteiger partial charge on any atom is -0.349 e. The van der Waals surface area contributed by atoms with Crippen LogP contribution in [-0.4, -0.2) is 21.6 Å². The van der Waals surface area contributed by atoms with Crippen LogP contribution in [0.15, 0.2) is 67.0 Å². The Morgan fingerprint density at radius 2 is 1.92 bits per heavy atom. The fourth-order valence-corrected chi connectivity index (χ4v) is 3.52. The zero-order chi connectivity index (χ0) is 18.2. The number of imidazole rings is 1. The largest absolute Gasteiger partial charge is 0.349 e. The lowest BCUT2D eigenvalue weighted by molar-refractivity contribution is -0.119. The molecule has 0 radical (unpaired) electrons. The van der Waals surface area contributed by atoms with E-state index < -0.39 is 0 Å². The molecule has 1 aromatic heterocycles. The first-order chi connectivity index (χ1) is 12.7. The molecule has 0 bridgehead atoms. The number of aromatic nitrogens is 2. The smallest absolute Gasteiger partial charge is 0.230 e. The number of rotatable bonds is 8. The molecule has 0 aliphatic heterocycles. The predicted octanol–water partition coefficient (Wildman–Crippen LogP) is 4.05. The highest BCUT2D eigenvalue weighted by Crippen LogP contribution is 2.18. The number of hydrogen-bond acceptors (Lipinski definition) is 3. The molecule has 26 heavy (non-hydrogen) atoms. The number of aryl methyl sites for hydroxylation is 1. The second-order valence-electron chi connectivity index (χ2n) is 6.25. The average molecular weight is 366 g/mol. The first-order valence-corrected chi connectivity index (χ1v) is 9.82. The zero-order valence-corrected chi connectivity index (χ0v) is 15.6. The van der Waals surface area contributed by atoms with Crippen LogP contribution in [0.4, 0.5) is 0 Å². The van der Waals surface area contributed by atoms with Gasteiger partial charge in [0.15, 0.2) is 0 Å². The van der Waals surface area contributed by atoms with E-state index in [1.165, 1.54) is 11.1 Å². The van der Waals surface area contributed by atoms with Crippen molar-refractivity contribution in [2.24, 2.45) is 0 Å². The number of benzene rings is 2. The van der Waals surface area contributed by atoms with Crippen LogP contribution >= 0.6 is 11.8 Å². The third-order valence-corrected chi connectivity index (χ3v) is 5.12. The van der Waals surface area contributed by atoms with Gasteiger partial charge in [0, 0.05) is 24.6 Å².